The van der Waals surface area contributed by atoms with Crippen LogP contribution in [0.1, 0.15) is 19.4 Å². The third-order valence-electron chi connectivity index (χ3n) is 2.47. The molecule has 0 heterocycles. The number of rotatable bonds is 4. The molecule has 1 aromatic rings. The second-order valence-electron chi connectivity index (χ2n) is 4.11. The number of carbonyl (C=O) groups excluding carboxylic acids is 1. The Hall–Kier alpha value is -1.82. The summed E-state index contributed by atoms with van der Waals surface area (Å²) in [4.78, 5) is 13.4. The van der Waals surface area contributed by atoms with Gasteiger partial charge in [0.1, 0.15) is 6.07 Å². The molecule has 1 aromatic carbocycles. The zero-order valence-electron chi connectivity index (χ0n) is 9.90. The fourth-order valence-electron chi connectivity index (χ4n) is 1.40. The zero-order chi connectivity index (χ0) is 12.1. The lowest BCUT2D eigenvalue weighted by atomic mass is 10.1. The number of para-hydroxylation sites is 1. The molecule has 0 amide bonds. The molecular formula is C13H16N2O. The third kappa shape index (κ3) is 2.83. The van der Waals surface area contributed by atoms with E-state index in [9.17, 15) is 4.79 Å². The minimum Gasteiger partial charge on any atom is -0.366 e. The number of benzene rings is 1. The lowest BCUT2D eigenvalue weighted by Crippen LogP contribution is -2.28. The summed E-state index contributed by atoms with van der Waals surface area (Å²) < 4.78 is 0. The van der Waals surface area contributed by atoms with Crippen LogP contribution in [0, 0.1) is 17.2 Å². The first-order valence-corrected chi connectivity index (χ1v) is 5.29. The van der Waals surface area contributed by atoms with E-state index in [4.69, 9.17) is 5.26 Å². The monoisotopic (exact) mass is 216 g/mol. The van der Waals surface area contributed by atoms with E-state index < -0.39 is 0 Å². The molecule has 1 rings (SSSR count). The Morgan fingerprint density at radius 2 is 2.06 bits per heavy atom. The van der Waals surface area contributed by atoms with Crippen LogP contribution in [0.2, 0.25) is 0 Å². The zero-order valence-corrected chi connectivity index (χ0v) is 9.90. The van der Waals surface area contributed by atoms with Crippen LogP contribution >= 0.6 is 0 Å². The lowest BCUT2D eigenvalue weighted by molar-refractivity contribution is -0.120. The number of hydrogen-bond acceptors (Lipinski definition) is 3. The molecule has 3 heteroatoms. The first kappa shape index (κ1) is 12.3. The third-order valence-corrected chi connectivity index (χ3v) is 2.47. The number of likely N-dealkylation sites (N-methyl/N-ethyl adjacent to an activating group) is 1. The number of carbonyl (C=O) groups is 1. The van der Waals surface area contributed by atoms with Crippen molar-refractivity contribution in [3.63, 3.8) is 0 Å². The second-order valence-corrected chi connectivity index (χ2v) is 4.11. The van der Waals surface area contributed by atoms with E-state index in [0.717, 1.165) is 5.69 Å². The van der Waals surface area contributed by atoms with Crippen molar-refractivity contribution in [3.05, 3.63) is 29.8 Å². The molecule has 0 radical (unpaired) electrons. The van der Waals surface area contributed by atoms with E-state index in [-0.39, 0.29) is 11.7 Å². The van der Waals surface area contributed by atoms with Gasteiger partial charge in [0.25, 0.3) is 0 Å². The highest BCUT2D eigenvalue weighted by atomic mass is 16.1. The molecule has 0 unspecified atom stereocenters. The van der Waals surface area contributed by atoms with Crippen LogP contribution in [0.15, 0.2) is 24.3 Å². The van der Waals surface area contributed by atoms with Crippen molar-refractivity contribution in [1.29, 1.82) is 5.26 Å². The maximum Gasteiger partial charge on any atom is 0.154 e. The van der Waals surface area contributed by atoms with Crippen LogP contribution in [0.4, 0.5) is 5.69 Å². The largest absolute Gasteiger partial charge is 0.366 e. The van der Waals surface area contributed by atoms with Gasteiger partial charge in [0.15, 0.2) is 5.78 Å². The van der Waals surface area contributed by atoms with Gasteiger partial charge in [-0.25, -0.2) is 0 Å². The van der Waals surface area contributed by atoms with Gasteiger partial charge in [-0.2, -0.15) is 5.26 Å². The van der Waals surface area contributed by atoms with Gasteiger partial charge < -0.3 is 4.90 Å². The SMILES string of the molecule is CC(C)C(=O)CN(C)c1ccccc1C#N. The minimum absolute atomic E-state index is 0.0247. The Bertz CT molecular complexity index is 418. The molecule has 0 saturated heterocycles. The van der Waals surface area contributed by atoms with Crippen molar-refractivity contribution < 1.29 is 4.79 Å². The van der Waals surface area contributed by atoms with Crippen molar-refractivity contribution in [2.24, 2.45) is 5.92 Å². The van der Waals surface area contributed by atoms with E-state index in [1.165, 1.54) is 0 Å². The van der Waals surface area contributed by atoms with Gasteiger partial charge in [-0.1, -0.05) is 26.0 Å². The summed E-state index contributed by atoms with van der Waals surface area (Å²) in [5, 5.41) is 8.95. The summed E-state index contributed by atoms with van der Waals surface area (Å²) in [5.41, 5.74) is 1.40. The van der Waals surface area contributed by atoms with Crippen LogP contribution in [0.5, 0.6) is 0 Å². The second kappa shape index (κ2) is 5.32. The van der Waals surface area contributed by atoms with Crippen molar-refractivity contribution in [2.45, 2.75) is 13.8 Å². The Balaban J connectivity index is 2.85. The maximum absolute atomic E-state index is 11.6. The minimum atomic E-state index is 0.0247. The summed E-state index contributed by atoms with van der Waals surface area (Å²) in [6.45, 7) is 4.11. The molecule has 0 atom stereocenters. The van der Waals surface area contributed by atoms with E-state index in [1.807, 2.05) is 44.0 Å². The molecule has 0 saturated carbocycles. The summed E-state index contributed by atoms with van der Waals surface area (Å²) in [7, 11) is 1.83. The highest BCUT2D eigenvalue weighted by Gasteiger charge is 2.13. The van der Waals surface area contributed by atoms with Crippen molar-refractivity contribution >= 4 is 11.5 Å². The summed E-state index contributed by atoms with van der Waals surface area (Å²) in [6, 6.07) is 9.42. The maximum atomic E-state index is 11.6. The quantitative estimate of drug-likeness (QED) is 0.775. The van der Waals surface area contributed by atoms with Gasteiger partial charge in [-0.15, -0.1) is 0 Å². The molecule has 0 bridgehead atoms. The van der Waals surface area contributed by atoms with Crippen LogP contribution in [-0.2, 0) is 4.79 Å². The highest BCUT2D eigenvalue weighted by molar-refractivity contribution is 5.85. The van der Waals surface area contributed by atoms with E-state index in [0.29, 0.717) is 12.1 Å². The molecule has 0 aromatic heterocycles. The standard InChI is InChI=1S/C13H16N2O/c1-10(2)13(16)9-15(3)12-7-5-4-6-11(12)8-14/h4-7,10H,9H2,1-3H3. The number of nitriles is 1. The predicted molar refractivity (Wildman–Crippen MR) is 64.3 cm³/mol. The molecule has 3 nitrogen and oxygen atoms in total. The molecule has 84 valence electrons. The average Bonchev–Trinajstić information content (AvgIpc) is 2.28. The van der Waals surface area contributed by atoms with E-state index >= 15 is 0 Å². The van der Waals surface area contributed by atoms with Gasteiger partial charge in [0, 0.05) is 13.0 Å². The normalized spacial score (nSPS) is 9.94. The summed E-state index contributed by atoms with van der Waals surface area (Å²) in [5.74, 6) is 0.201. The first-order chi connectivity index (χ1) is 7.56. The summed E-state index contributed by atoms with van der Waals surface area (Å²) in [6.07, 6.45) is 0. The van der Waals surface area contributed by atoms with Crippen LogP contribution in [-0.4, -0.2) is 19.4 Å². The van der Waals surface area contributed by atoms with E-state index in [1.54, 1.807) is 6.07 Å². The number of anilines is 1. The van der Waals surface area contributed by atoms with Crippen LogP contribution in [0.25, 0.3) is 0 Å². The Morgan fingerprint density at radius 1 is 1.44 bits per heavy atom. The Morgan fingerprint density at radius 3 is 2.62 bits per heavy atom. The molecule has 0 aliphatic heterocycles. The molecular weight excluding hydrogens is 200 g/mol. The first-order valence-electron chi connectivity index (χ1n) is 5.29. The smallest absolute Gasteiger partial charge is 0.154 e. The highest BCUT2D eigenvalue weighted by Crippen LogP contribution is 2.18. The number of hydrogen-bond donors (Lipinski definition) is 0. The number of ketones is 1. The molecule has 16 heavy (non-hydrogen) atoms. The Labute approximate surface area is 96.3 Å². The molecule has 0 aliphatic rings. The van der Waals surface area contributed by atoms with Crippen LogP contribution in [0.3, 0.4) is 0 Å². The lowest BCUT2D eigenvalue weighted by Gasteiger charge is -2.20. The topological polar surface area (TPSA) is 44.1 Å². The van der Waals surface area contributed by atoms with Gasteiger partial charge in [-0.3, -0.25) is 4.79 Å². The predicted octanol–water partition coefficient (Wildman–Crippen LogP) is 2.22. The summed E-state index contributed by atoms with van der Waals surface area (Å²) >= 11 is 0. The van der Waals surface area contributed by atoms with Gasteiger partial charge in [0.2, 0.25) is 0 Å². The number of Topliss-reactive ketones (excluding diaryl/α,β-unsaturated/α-hetero) is 1. The average molecular weight is 216 g/mol. The van der Waals surface area contributed by atoms with Crippen molar-refractivity contribution in [3.8, 4) is 6.07 Å². The van der Waals surface area contributed by atoms with Gasteiger partial charge >= 0.3 is 0 Å². The van der Waals surface area contributed by atoms with Gasteiger partial charge in [0.05, 0.1) is 17.8 Å². The van der Waals surface area contributed by atoms with Crippen LogP contribution < -0.4 is 4.90 Å². The molecule has 0 aliphatic carbocycles. The molecule has 0 spiro atoms. The fourth-order valence-corrected chi connectivity index (χ4v) is 1.40. The fraction of sp³-hybridized carbons (Fsp3) is 0.385. The molecule has 0 N–H and O–H groups in total. The molecule has 0 fully saturated rings. The van der Waals surface area contributed by atoms with E-state index in [2.05, 4.69) is 6.07 Å². The number of nitrogens with zero attached hydrogens (tertiary/aromatic N) is 2. The van der Waals surface area contributed by atoms with Crippen molar-refractivity contribution in [1.82, 2.24) is 0 Å². The van der Waals surface area contributed by atoms with Gasteiger partial charge in [-0.05, 0) is 12.1 Å². The van der Waals surface area contributed by atoms with Crippen molar-refractivity contribution in [2.75, 3.05) is 18.5 Å². The Kier molecular flexibility index (Phi) is 4.07.